The second kappa shape index (κ2) is 12.2. The highest BCUT2D eigenvalue weighted by molar-refractivity contribution is 6.33. The first kappa shape index (κ1) is 30.5. The number of carboxylic acids is 1. The van der Waals surface area contributed by atoms with Crippen molar-refractivity contribution < 1.29 is 41.0 Å². The van der Waals surface area contributed by atoms with Gasteiger partial charge in [0.05, 0.1) is 35.4 Å². The van der Waals surface area contributed by atoms with Gasteiger partial charge in [-0.2, -0.15) is 26.3 Å². The molecule has 0 aromatic heterocycles. The smallest absolute Gasteiger partial charge is 0.393 e. The van der Waals surface area contributed by atoms with Crippen LogP contribution in [0.5, 0.6) is 0 Å². The van der Waals surface area contributed by atoms with E-state index < -0.39 is 48.4 Å². The van der Waals surface area contributed by atoms with Gasteiger partial charge < -0.3 is 10.4 Å². The zero-order chi connectivity index (χ0) is 28.1. The van der Waals surface area contributed by atoms with E-state index in [4.69, 9.17) is 11.6 Å². The number of amides is 1. The molecule has 1 amide bonds. The minimum absolute atomic E-state index is 0.0101. The summed E-state index contributed by atoms with van der Waals surface area (Å²) in [5, 5.41) is 11.8. The van der Waals surface area contributed by atoms with Crippen LogP contribution in [-0.4, -0.2) is 29.3 Å². The van der Waals surface area contributed by atoms with Gasteiger partial charge in [-0.05, 0) is 40.7 Å². The van der Waals surface area contributed by atoms with Crippen LogP contribution < -0.4 is 5.32 Å². The summed E-state index contributed by atoms with van der Waals surface area (Å²) in [4.78, 5) is 24.6. The number of carboxylic acid groups (broad SMARTS) is 1. The van der Waals surface area contributed by atoms with Crippen LogP contribution in [0.3, 0.4) is 0 Å². The number of hydrogen-bond acceptors (Lipinski definition) is 2. The SMILES string of the molecule is CCC(C)C(CC(=O)O)c1ccc(Cl)c(NC(=O)C(c2ccc(CC(F)(F)F)cc2)C(C)C(F)(F)F)c1. The molecule has 0 bridgehead atoms. The largest absolute Gasteiger partial charge is 0.481 e. The molecular formula is C26H28ClF6NO3. The van der Waals surface area contributed by atoms with E-state index in [0.717, 1.165) is 31.2 Å². The van der Waals surface area contributed by atoms with Crippen LogP contribution in [0.2, 0.25) is 5.02 Å². The van der Waals surface area contributed by atoms with Crippen molar-refractivity contribution in [1.29, 1.82) is 0 Å². The normalized spacial score (nSPS) is 15.5. The predicted octanol–water partition coefficient (Wildman–Crippen LogP) is 7.97. The Hall–Kier alpha value is -2.75. The van der Waals surface area contributed by atoms with Crippen LogP contribution in [-0.2, 0) is 16.0 Å². The topological polar surface area (TPSA) is 66.4 Å². The molecule has 2 N–H and O–H groups in total. The molecule has 2 aromatic rings. The number of carbonyl (C=O) groups excluding carboxylic acids is 1. The number of nitrogens with one attached hydrogen (secondary N) is 1. The van der Waals surface area contributed by atoms with E-state index >= 15 is 0 Å². The Morgan fingerprint density at radius 2 is 1.54 bits per heavy atom. The highest BCUT2D eigenvalue weighted by Crippen LogP contribution is 2.40. The fraction of sp³-hybridized carbons (Fsp3) is 0.462. The third-order valence-electron chi connectivity index (χ3n) is 6.44. The first-order valence-corrected chi connectivity index (χ1v) is 12.0. The third-order valence-corrected chi connectivity index (χ3v) is 6.77. The summed E-state index contributed by atoms with van der Waals surface area (Å²) < 4.78 is 79.0. The maximum atomic E-state index is 13.7. The lowest BCUT2D eigenvalue weighted by atomic mass is 9.83. The van der Waals surface area contributed by atoms with Crippen molar-refractivity contribution in [2.24, 2.45) is 11.8 Å². The van der Waals surface area contributed by atoms with Crippen molar-refractivity contribution in [3.8, 4) is 0 Å². The van der Waals surface area contributed by atoms with Gasteiger partial charge in [-0.15, -0.1) is 0 Å². The summed E-state index contributed by atoms with van der Waals surface area (Å²) in [6, 6.07) is 8.73. The highest BCUT2D eigenvalue weighted by atomic mass is 35.5. The molecule has 204 valence electrons. The monoisotopic (exact) mass is 551 g/mol. The second-order valence-electron chi connectivity index (χ2n) is 9.16. The average Bonchev–Trinajstić information content (AvgIpc) is 2.78. The molecule has 0 aliphatic rings. The number of benzene rings is 2. The summed E-state index contributed by atoms with van der Waals surface area (Å²) in [6.45, 7) is 4.57. The zero-order valence-electron chi connectivity index (χ0n) is 20.4. The van der Waals surface area contributed by atoms with E-state index in [1.807, 2.05) is 13.8 Å². The maximum absolute atomic E-state index is 13.7. The van der Waals surface area contributed by atoms with Crippen molar-refractivity contribution in [3.05, 3.63) is 64.2 Å². The van der Waals surface area contributed by atoms with Crippen molar-refractivity contribution in [3.63, 3.8) is 0 Å². The molecule has 0 spiro atoms. The molecule has 2 aromatic carbocycles. The van der Waals surface area contributed by atoms with Gasteiger partial charge in [0.25, 0.3) is 0 Å². The average molecular weight is 552 g/mol. The van der Waals surface area contributed by atoms with E-state index in [0.29, 0.717) is 12.0 Å². The van der Waals surface area contributed by atoms with Gasteiger partial charge in [0.2, 0.25) is 5.91 Å². The molecule has 4 nitrogen and oxygen atoms in total. The standard InChI is InChI=1S/C26H28ClF6NO3/c1-4-14(2)19(12-22(35)36)18-9-10-20(27)21(11-18)34-24(37)23(15(3)26(31,32)33)17-7-5-16(6-8-17)13-25(28,29)30/h5-11,14-15,19,23H,4,12-13H2,1-3H3,(H,34,37)(H,35,36). The lowest BCUT2D eigenvalue weighted by Crippen LogP contribution is -2.34. The van der Waals surface area contributed by atoms with Gasteiger partial charge in [0.15, 0.2) is 0 Å². The molecule has 0 saturated carbocycles. The van der Waals surface area contributed by atoms with Gasteiger partial charge in [-0.3, -0.25) is 9.59 Å². The van der Waals surface area contributed by atoms with Crippen molar-refractivity contribution >= 4 is 29.2 Å². The first-order valence-electron chi connectivity index (χ1n) is 11.6. The van der Waals surface area contributed by atoms with Gasteiger partial charge in [0, 0.05) is 0 Å². The Bertz CT molecular complexity index is 1090. The van der Waals surface area contributed by atoms with Crippen LogP contribution in [0, 0.1) is 11.8 Å². The highest BCUT2D eigenvalue weighted by Gasteiger charge is 2.45. The van der Waals surface area contributed by atoms with Crippen LogP contribution in [0.25, 0.3) is 0 Å². The third kappa shape index (κ3) is 8.66. The van der Waals surface area contributed by atoms with Crippen molar-refractivity contribution in [2.45, 2.75) is 64.2 Å². The number of hydrogen-bond donors (Lipinski definition) is 2. The van der Waals surface area contributed by atoms with Gasteiger partial charge in [-0.25, -0.2) is 0 Å². The molecule has 0 aliphatic heterocycles. The van der Waals surface area contributed by atoms with Crippen molar-refractivity contribution in [2.75, 3.05) is 5.32 Å². The Balaban J connectivity index is 2.43. The van der Waals surface area contributed by atoms with E-state index in [9.17, 15) is 41.0 Å². The molecule has 0 saturated heterocycles. The Morgan fingerprint density at radius 3 is 2.03 bits per heavy atom. The van der Waals surface area contributed by atoms with Gasteiger partial charge in [0.1, 0.15) is 0 Å². The number of aliphatic carboxylic acids is 1. The lowest BCUT2D eigenvalue weighted by Gasteiger charge is -2.27. The molecule has 11 heteroatoms. The summed E-state index contributed by atoms with van der Waals surface area (Å²) in [7, 11) is 0. The summed E-state index contributed by atoms with van der Waals surface area (Å²) in [6.07, 6.45) is -10.1. The van der Waals surface area contributed by atoms with Crippen LogP contribution >= 0.6 is 11.6 Å². The fourth-order valence-electron chi connectivity index (χ4n) is 4.13. The summed E-state index contributed by atoms with van der Waals surface area (Å²) >= 11 is 6.21. The van der Waals surface area contributed by atoms with Crippen LogP contribution in [0.1, 0.15) is 62.1 Å². The summed E-state index contributed by atoms with van der Waals surface area (Å²) in [5.74, 6) is -6.49. The first-order chi connectivity index (χ1) is 17.0. The van der Waals surface area contributed by atoms with Gasteiger partial charge >= 0.3 is 18.3 Å². The van der Waals surface area contributed by atoms with Crippen LogP contribution in [0.4, 0.5) is 32.0 Å². The number of alkyl halides is 6. The fourth-order valence-corrected chi connectivity index (χ4v) is 4.30. The molecule has 4 atom stereocenters. The molecular weight excluding hydrogens is 524 g/mol. The van der Waals surface area contributed by atoms with Crippen molar-refractivity contribution in [1.82, 2.24) is 0 Å². The Kier molecular flexibility index (Phi) is 10.0. The number of anilines is 1. The molecule has 4 unspecified atom stereocenters. The van der Waals surface area contributed by atoms with Gasteiger partial charge in [-0.1, -0.05) is 69.1 Å². The molecule has 0 aliphatic carbocycles. The van der Waals surface area contributed by atoms with E-state index in [2.05, 4.69) is 5.32 Å². The molecule has 37 heavy (non-hydrogen) atoms. The van der Waals surface area contributed by atoms with E-state index in [1.54, 1.807) is 6.07 Å². The summed E-state index contributed by atoms with van der Waals surface area (Å²) in [5.41, 5.74) is 0.300. The number of halogens is 7. The molecule has 0 heterocycles. The lowest BCUT2D eigenvalue weighted by molar-refractivity contribution is -0.178. The van der Waals surface area contributed by atoms with E-state index in [1.165, 1.54) is 12.1 Å². The van der Waals surface area contributed by atoms with Crippen LogP contribution in [0.15, 0.2) is 42.5 Å². The molecule has 0 radical (unpaired) electrons. The quantitative estimate of drug-likeness (QED) is 0.294. The Morgan fingerprint density at radius 1 is 0.973 bits per heavy atom. The number of rotatable bonds is 10. The maximum Gasteiger partial charge on any atom is 0.393 e. The molecule has 2 rings (SSSR count). The minimum atomic E-state index is -4.78. The predicted molar refractivity (Wildman–Crippen MR) is 129 cm³/mol. The zero-order valence-corrected chi connectivity index (χ0v) is 21.1. The van der Waals surface area contributed by atoms with E-state index in [-0.39, 0.29) is 34.2 Å². The molecule has 0 fully saturated rings. The number of carbonyl (C=O) groups is 2. The Labute approximate surface area is 216 Å². The minimum Gasteiger partial charge on any atom is -0.481 e. The second-order valence-corrected chi connectivity index (χ2v) is 9.57.